The van der Waals surface area contributed by atoms with Crippen molar-refractivity contribution in [3.05, 3.63) is 35.9 Å². The maximum atomic E-state index is 10.8. The molecule has 1 aliphatic heterocycles. The molecule has 0 aliphatic carbocycles. The van der Waals surface area contributed by atoms with Crippen molar-refractivity contribution in [3.8, 4) is 0 Å². The van der Waals surface area contributed by atoms with Gasteiger partial charge < -0.3 is 4.74 Å². The van der Waals surface area contributed by atoms with Crippen molar-refractivity contribution in [2.24, 2.45) is 5.92 Å². The molecule has 0 saturated carbocycles. The van der Waals surface area contributed by atoms with Crippen LogP contribution >= 0.6 is 0 Å². The zero-order valence-electron chi connectivity index (χ0n) is 7.57. The number of ether oxygens (including phenoxy) is 1. The Hall–Kier alpha value is -1.31. The zero-order chi connectivity index (χ0) is 9.26. The van der Waals surface area contributed by atoms with Gasteiger partial charge in [-0.3, -0.25) is 4.79 Å². The number of carbonyl (C=O) groups excluding carboxylic acids is 1. The van der Waals surface area contributed by atoms with E-state index in [9.17, 15) is 4.79 Å². The monoisotopic (exact) mass is 176 g/mol. The van der Waals surface area contributed by atoms with Gasteiger partial charge in [0.15, 0.2) is 0 Å². The van der Waals surface area contributed by atoms with Gasteiger partial charge in [-0.25, -0.2) is 0 Å². The number of hydrogen-bond donors (Lipinski definition) is 0. The Morgan fingerprint density at radius 1 is 1.31 bits per heavy atom. The highest BCUT2D eigenvalue weighted by Crippen LogP contribution is 2.24. The lowest BCUT2D eigenvalue weighted by Crippen LogP contribution is -2.44. The van der Waals surface area contributed by atoms with Crippen LogP contribution in [0.3, 0.4) is 0 Å². The summed E-state index contributed by atoms with van der Waals surface area (Å²) in [6.07, 6.45) is 0.934. The molecule has 1 heterocycles. The summed E-state index contributed by atoms with van der Waals surface area (Å²) in [6.45, 7) is 1.92. The number of cyclic esters (lactones) is 1. The molecular formula is C11H12O2. The lowest BCUT2D eigenvalue weighted by atomic mass is 9.93. The van der Waals surface area contributed by atoms with Gasteiger partial charge in [0.1, 0.15) is 6.10 Å². The van der Waals surface area contributed by atoms with Crippen molar-refractivity contribution in [2.75, 3.05) is 0 Å². The molecule has 2 atom stereocenters. The smallest absolute Gasteiger partial charge is 0.312 e. The zero-order valence-corrected chi connectivity index (χ0v) is 7.57. The van der Waals surface area contributed by atoms with Crippen molar-refractivity contribution in [1.29, 1.82) is 0 Å². The van der Waals surface area contributed by atoms with Gasteiger partial charge in [0.05, 0.1) is 5.92 Å². The average molecular weight is 176 g/mol. The molecule has 1 fully saturated rings. The first-order valence-electron chi connectivity index (χ1n) is 4.52. The van der Waals surface area contributed by atoms with Crippen LogP contribution in [-0.4, -0.2) is 12.1 Å². The Morgan fingerprint density at radius 2 is 2.00 bits per heavy atom. The van der Waals surface area contributed by atoms with Gasteiger partial charge in [-0.15, -0.1) is 0 Å². The summed E-state index contributed by atoms with van der Waals surface area (Å²) in [5.74, 6) is 0.00105. The second kappa shape index (κ2) is 3.21. The summed E-state index contributed by atoms with van der Waals surface area (Å²) >= 11 is 0. The Bertz CT molecular complexity index is 305. The van der Waals surface area contributed by atoms with Gasteiger partial charge in [0.25, 0.3) is 0 Å². The normalized spacial score (nSPS) is 26.4. The van der Waals surface area contributed by atoms with E-state index in [1.54, 1.807) is 0 Å². The summed E-state index contributed by atoms with van der Waals surface area (Å²) in [5, 5.41) is 0. The van der Waals surface area contributed by atoms with Crippen LogP contribution in [0.4, 0.5) is 0 Å². The van der Waals surface area contributed by atoms with Crippen LogP contribution in [0.2, 0.25) is 0 Å². The summed E-state index contributed by atoms with van der Waals surface area (Å²) in [5.41, 5.74) is 1.23. The van der Waals surface area contributed by atoms with Crippen LogP contribution in [-0.2, 0) is 16.0 Å². The largest absolute Gasteiger partial charge is 0.461 e. The molecule has 0 aromatic heterocycles. The SMILES string of the molecule is C[C@H]1C(=O)O[C@H]1Cc1ccccc1. The minimum Gasteiger partial charge on any atom is -0.461 e. The minimum atomic E-state index is -0.0686. The van der Waals surface area contributed by atoms with Crippen LogP contribution in [0.15, 0.2) is 30.3 Å². The second-order valence-electron chi connectivity index (χ2n) is 3.45. The van der Waals surface area contributed by atoms with Gasteiger partial charge in [0.2, 0.25) is 0 Å². The fourth-order valence-corrected chi connectivity index (χ4v) is 1.50. The summed E-state index contributed by atoms with van der Waals surface area (Å²) in [4.78, 5) is 10.8. The third kappa shape index (κ3) is 1.57. The van der Waals surface area contributed by atoms with E-state index in [0.717, 1.165) is 6.42 Å². The third-order valence-electron chi connectivity index (χ3n) is 2.48. The number of esters is 1. The maximum absolute atomic E-state index is 10.8. The van der Waals surface area contributed by atoms with E-state index < -0.39 is 0 Å². The highest BCUT2D eigenvalue weighted by molar-refractivity contribution is 5.78. The molecule has 68 valence electrons. The van der Waals surface area contributed by atoms with Crippen LogP contribution in [0.1, 0.15) is 12.5 Å². The van der Waals surface area contributed by atoms with Gasteiger partial charge in [0, 0.05) is 6.42 Å². The van der Waals surface area contributed by atoms with E-state index in [1.807, 2.05) is 25.1 Å². The first-order valence-corrected chi connectivity index (χ1v) is 4.52. The standard InChI is InChI=1S/C11H12O2/c1-8-10(13-11(8)12)7-9-5-3-2-4-6-9/h2-6,8,10H,7H2,1H3/t8-,10+/m1/s1. The molecule has 0 spiro atoms. The lowest BCUT2D eigenvalue weighted by Gasteiger charge is -2.32. The van der Waals surface area contributed by atoms with Crippen molar-refractivity contribution in [3.63, 3.8) is 0 Å². The molecule has 0 amide bonds. The molecule has 13 heavy (non-hydrogen) atoms. The topological polar surface area (TPSA) is 26.3 Å². The van der Waals surface area contributed by atoms with Crippen LogP contribution in [0.5, 0.6) is 0 Å². The quantitative estimate of drug-likeness (QED) is 0.642. The molecule has 0 N–H and O–H groups in total. The van der Waals surface area contributed by atoms with Crippen molar-refractivity contribution < 1.29 is 9.53 Å². The molecular weight excluding hydrogens is 164 g/mol. The van der Waals surface area contributed by atoms with Gasteiger partial charge in [-0.2, -0.15) is 0 Å². The molecule has 1 aromatic carbocycles. The predicted octanol–water partition coefficient (Wildman–Crippen LogP) is 1.79. The van der Waals surface area contributed by atoms with Crippen LogP contribution in [0.25, 0.3) is 0 Å². The maximum Gasteiger partial charge on any atom is 0.312 e. The van der Waals surface area contributed by atoms with E-state index in [1.165, 1.54) is 5.56 Å². The summed E-state index contributed by atoms with van der Waals surface area (Å²) in [6, 6.07) is 10.1. The Balaban J connectivity index is 1.97. The number of carbonyl (C=O) groups is 1. The minimum absolute atomic E-state index is 0.0686. The molecule has 0 radical (unpaired) electrons. The summed E-state index contributed by atoms with van der Waals surface area (Å²) in [7, 11) is 0. The van der Waals surface area contributed by atoms with Gasteiger partial charge in [-0.05, 0) is 12.5 Å². The number of rotatable bonds is 2. The molecule has 2 heteroatoms. The lowest BCUT2D eigenvalue weighted by molar-refractivity contribution is -0.182. The number of benzene rings is 1. The second-order valence-corrected chi connectivity index (χ2v) is 3.45. The Labute approximate surface area is 77.5 Å². The van der Waals surface area contributed by atoms with Crippen molar-refractivity contribution >= 4 is 5.97 Å². The molecule has 0 bridgehead atoms. The van der Waals surface area contributed by atoms with E-state index >= 15 is 0 Å². The highest BCUT2D eigenvalue weighted by Gasteiger charge is 2.38. The Morgan fingerprint density at radius 3 is 2.54 bits per heavy atom. The van der Waals surface area contributed by atoms with Crippen LogP contribution in [0, 0.1) is 5.92 Å². The molecule has 2 nitrogen and oxygen atoms in total. The van der Waals surface area contributed by atoms with E-state index in [0.29, 0.717) is 0 Å². The molecule has 2 rings (SSSR count). The van der Waals surface area contributed by atoms with Gasteiger partial charge >= 0.3 is 5.97 Å². The highest BCUT2D eigenvalue weighted by atomic mass is 16.6. The van der Waals surface area contributed by atoms with Crippen molar-refractivity contribution in [1.82, 2.24) is 0 Å². The summed E-state index contributed by atoms with van der Waals surface area (Å²) < 4.78 is 5.02. The first kappa shape index (κ1) is 8.30. The average Bonchev–Trinajstić information content (AvgIpc) is 2.19. The van der Waals surface area contributed by atoms with Gasteiger partial charge in [-0.1, -0.05) is 30.3 Å². The van der Waals surface area contributed by atoms with Crippen LogP contribution < -0.4 is 0 Å². The third-order valence-corrected chi connectivity index (χ3v) is 2.48. The van der Waals surface area contributed by atoms with E-state index in [2.05, 4.69) is 12.1 Å². The van der Waals surface area contributed by atoms with Crippen molar-refractivity contribution in [2.45, 2.75) is 19.4 Å². The molecule has 1 aromatic rings. The molecule has 1 aliphatic rings. The fourth-order valence-electron chi connectivity index (χ4n) is 1.50. The Kier molecular flexibility index (Phi) is 2.05. The van der Waals surface area contributed by atoms with E-state index in [-0.39, 0.29) is 18.0 Å². The molecule has 1 saturated heterocycles. The fraction of sp³-hybridized carbons (Fsp3) is 0.364. The first-order chi connectivity index (χ1) is 6.27. The number of hydrogen-bond acceptors (Lipinski definition) is 2. The van der Waals surface area contributed by atoms with E-state index in [4.69, 9.17) is 4.74 Å². The predicted molar refractivity (Wildman–Crippen MR) is 49.2 cm³/mol. The molecule has 0 unspecified atom stereocenters.